The van der Waals surface area contributed by atoms with Gasteiger partial charge in [0.2, 0.25) is 11.8 Å². The topological polar surface area (TPSA) is 61.4 Å². The van der Waals surface area contributed by atoms with Gasteiger partial charge in [0.25, 0.3) is 0 Å². The molecule has 1 aliphatic heterocycles. The molecule has 2 amide bonds. The minimum Gasteiger partial charge on any atom is -0.353 e. The van der Waals surface area contributed by atoms with Gasteiger partial charge in [-0.05, 0) is 38.3 Å². The number of hydrogen-bond donors (Lipinski definition) is 2. The number of carbonyl (C=O) groups is 2. The highest BCUT2D eigenvalue weighted by Crippen LogP contribution is 2.15. The summed E-state index contributed by atoms with van der Waals surface area (Å²) < 4.78 is 0. The van der Waals surface area contributed by atoms with E-state index in [4.69, 9.17) is 0 Å². The van der Waals surface area contributed by atoms with Crippen LogP contribution in [0.25, 0.3) is 0 Å². The molecule has 0 unspecified atom stereocenters. The maximum Gasteiger partial charge on any atom is 0.242 e. The molecule has 0 bridgehead atoms. The zero-order valence-electron chi connectivity index (χ0n) is 15.5. The Morgan fingerprint density at radius 1 is 1.28 bits per heavy atom. The number of amides is 2. The molecular weight excluding hydrogens is 314 g/mol. The molecule has 5 heteroatoms. The molecule has 1 aromatic rings. The van der Waals surface area contributed by atoms with E-state index in [0.717, 1.165) is 25.1 Å². The minimum absolute atomic E-state index is 0.0740. The van der Waals surface area contributed by atoms with Gasteiger partial charge in [0, 0.05) is 19.1 Å². The molecule has 2 rings (SSSR count). The van der Waals surface area contributed by atoms with Gasteiger partial charge in [0.1, 0.15) is 6.04 Å². The van der Waals surface area contributed by atoms with E-state index in [-0.39, 0.29) is 11.8 Å². The van der Waals surface area contributed by atoms with E-state index in [1.54, 1.807) is 0 Å². The second-order valence-electron chi connectivity index (χ2n) is 6.89. The fraction of sp³-hybridized carbons (Fsp3) is 0.600. The Morgan fingerprint density at radius 2 is 2.04 bits per heavy atom. The standard InChI is InChI=1S/C20H31N3O2/c1-3-8-18(22-19(24)15-17-10-5-4-6-11-17)20(25)21-12-14-23-13-7-9-16(23)2/h4-6,10-11,16,18H,3,7-9,12-15H2,1-2H3,(H,21,25)(H,22,24)/t16-,18-/m0/s1. The van der Waals surface area contributed by atoms with Crippen molar-refractivity contribution in [2.45, 2.75) is 58.0 Å². The Hall–Kier alpha value is -1.88. The van der Waals surface area contributed by atoms with Crippen LogP contribution in [0.5, 0.6) is 0 Å². The molecular formula is C20H31N3O2. The average Bonchev–Trinajstić information content (AvgIpc) is 3.00. The lowest BCUT2D eigenvalue weighted by atomic mass is 10.1. The number of nitrogens with one attached hydrogen (secondary N) is 2. The van der Waals surface area contributed by atoms with Crippen molar-refractivity contribution >= 4 is 11.8 Å². The summed E-state index contributed by atoms with van der Waals surface area (Å²) in [5, 5.41) is 5.88. The largest absolute Gasteiger partial charge is 0.353 e. The Morgan fingerprint density at radius 3 is 2.68 bits per heavy atom. The summed E-state index contributed by atoms with van der Waals surface area (Å²) in [7, 11) is 0. The van der Waals surface area contributed by atoms with Gasteiger partial charge in [0.15, 0.2) is 0 Å². The lowest BCUT2D eigenvalue weighted by molar-refractivity contribution is -0.128. The van der Waals surface area contributed by atoms with Crippen LogP contribution in [0.4, 0.5) is 0 Å². The third-order valence-electron chi connectivity index (χ3n) is 4.83. The van der Waals surface area contributed by atoms with Gasteiger partial charge < -0.3 is 10.6 Å². The lowest BCUT2D eigenvalue weighted by Crippen LogP contribution is -2.48. The number of rotatable bonds is 9. The lowest BCUT2D eigenvalue weighted by Gasteiger charge is -2.22. The van der Waals surface area contributed by atoms with Crippen LogP contribution in [-0.2, 0) is 16.0 Å². The smallest absolute Gasteiger partial charge is 0.242 e. The molecule has 2 N–H and O–H groups in total. The molecule has 138 valence electrons. The highest BCUT2D eigenvalue weighted by atomic mass is 16.2. The third-order valence-corrected chi connectivity index (χ3v) is 4.83. The second-order valence-corrected chi connectivity index (χ2v) is 6.89. The van der Waals surface area contributed by atoms with Crippen LogP contribution in [-0.4, -0.2) is 48.4 Å². The van der Waals surface area contributed by atoms with E-state index in [0.29, 0.717) is 25.4 Å². The van der Waals surface area contributed by atoms with Crippen LogP contribution in [0.2, 0.25) is 0 Å². The van der Waals surface area contributed by atoms with Crippen LogP contribution in [0.3, 0.4) is 0 Å². The first-order valence-electron chi connectivity index (χ1n) is 9.45. The summed E-state index contributed by atoms with van der Waals surface area (Å²) in [5.41, 5.74) is 0.957. The van der Waals surface area contributed by atoms with E-state index in [1.165, 1.54) is 12.8 Å². The highest BCUT2D eigenvalue weighted by Gasteiger charge is 2.22. The van der Waals surface area contributed by atoms with Gasteiger partial charge in [-0.15, -0.1) is 0 Å². The van der Waals surface area contributed by atoms with E-state index in [2.05, 4.69) is 22.5 Å². The fourth-order valence-corrected chi connectivity index (χ4v) is 3.35. The van der Waals surface area contributed by atoms with E-state index >= 15 is 0 Å². The van der Waals surface area contributed by atoms with Crippen LogP contribution in [0, 0.1) is 0 Å². The molecule has 1 aromatic carbocycles. The molecule has 1 heterocycles. The quantitative estimate of drug-likeness (QED) is 0.721. The first kappa shape index (κ1) is 19.4. The first-order valence-corrected chi connectivity index (χ1v) is 9.45. The highest BCUT2D eigenvalue weighted by molar-refractivity contribution is 5.88. The van der Waals surface area contributed by atoms with Gasteiger partial charge in [0.05, 0.1) is 6.42 Å². The molecule has 0 radical (unpaired) electrons. The van der Waals surface area contributed by atoms with Crippen LogP contribution < -0.4 is 10.6 Å². The summed E-state index contributed by atoms with van der Waals surface area (Å²) in [4.78, 5) is 27.1. The van der Waals surface area contributed by atoms with Crippen LogP contribution >= 0.6 is 0 Å². The predicted octanol–water partition coefficient (Wildman–Crippen LogP) is 2.11. The molecule has 1 saturated heterocycles. The summed E-state index contributed by atoms with van der Waals surface area (Å²) in [5.74, 6) is -0.178. The molecule has 1 aliphatic rings. The molecule has 2 atom stereocenters. The van der Waals surface area contributed by atoms with Crippen LogP contribution in [0.15, 0.2) is 30.3 Å². The summed E-state index contributed by atoms with van der Waals surface area (Å²) >= 11 is 0. The molecule has 1 fully saturated rings. The molecule has 0 aromatic heterocycles. The van der Waals surface area contributed by atoms with E-state index in [1.807, 2.05) is 37.3 Å². The average molecular weight is 345 g/mol. The van der Waals surface area contributed by atoms with E-state index in [9.17, 15) is 9.59 Å². The monoisotopic (exact) mass is 345 g/mol. The Kier molecular flexibility index (Phi) is 7.92. The number of nitrogens with zero attached hydrogens (tertiary/aromatic N) is 1. The third kappa shape index (κ3) is 6.50. The summed E-state index contributed by atoms with van der Waals surface area (Å²) in [6.07, 6.45) is 4.30. The Labute approximate surface area is 151 Å². The van der Waals surface area contributed by atoms with Crippen molar-refractivity contribution in [3.05, 3.63) is 35.9 Å². The zero-order valence-corrected chi connectivity index (χ0v) is 15.5. The van der Waals surface area contributed by atoms with Crippen molar-refractivity contribution in [3.63, 3.8) is 0 Å². The SMILES string of the molecule is CCC[C@H](NC(=O)Cc1ccccc1)C(=O)NCCN1CCC[C@@H]1C. The minimum atomic E-state index is -0.447. The van der Waals surface area contributed by atoms with Crippen molar-refractivity contribution in [2.75, 3.05) is 19.6 Å². The number of likely N-dealkylation sites (tertiary alicyclic amines) is 1. The number of benzene rings is 1. The van der Waals surface area contributed by atoms with Gasteiger partial charge in [-0.25, -0.2) is 0 Å². The number of hydrogen-bond acceptors (Lipinski definition) is 3. The van der Waals surface area contributed by atoms with Crippen molar-refractivity contribution in [1.82, 2.24) is 15.5 Å². The van der Waals surface area contributed by atoms with E-state index < -0.39 is 6.04 Å². The summed E-state index contributed by atoms with van der Waals surface area (Å²) in [6.45, 7) is 6.89. The maximum absolute atomic E-state index is 12.4. The molecule has 5 nitrogen and oxygen atoms in total. The van der Waals surface area contributed by atoms with Gasteiger partial charge in [-0.1, -0.05) is 43.7 Å². The fourth-order valence-electron chi connectivity index (χ4n) is 3.35. The van der Waals surface area contributed by atoms with Crippen molar-refractivity contribution in [3.8, 4) is 0 Å². The number of carbonyl (C=O) groups excluding carboxylic acids is 2. The van der Waals surface area contributed by atoms with Crippen molar-refractivity contribution < 1.29 is 9.59 Å². The second kappa shape index (κ2) is 10.2. The maximum atomic E-state index is 12.4. The molecule has 25 heavy (non-hydrogen) atoms. The zero-order chi connectivity index (χ0) is 18.1. The molecule has 0 saturated carbocycles. The normalized spacial score (nSPS) is 18.7. The first-order chi connectivity index (χ1) is 12.1. The predicted molar refractivity (Wildman–Crippen MR) is 100 cm³/mol. The Balaban J connectivity index is 1.77. The summed E-state index contributed by atoms with van der Waals surface area (Å²) in [6, 6.07) is 9.76. The van der Waals surface area contributed by atoms with Crippen molar-refractivity contribution in [1.29, 1.82) is 0 Å². The van der Waals surface area contributed by atoms with Gasteiger partial charge in [-0.2, -0.15) is 0 Å². The molecule has 0 spiro atoms. The van der Waals surface area contributed by atoms with Crippen LogP contribution in [0.1, 0.15) is 45.1 Å². The van der Waals surface area contributed by atoms with Gasteiger partial charge >= 0.3 is 0 Å². The molecule has 0 aliphatic carbocycles. The van der Waals surface area contributed by atoms with Gasteiger partial charge in [-0.3, -0.25) is 14.5 Å². The Bertz CT molecular complexity index is 547. The van der Waals surface area contributed by atoms with Crippen molar-refractivity contribution in [2.24, 2.45) is 0 Å².